The molecule has 1 aromatic carbocycles. The van der Waals surface area contributed by atoms with E-state index in [9.17, 15) is 26.4 Å². The van der Waals surface area contributed by atoms with Gasteiger partial charge >= 0.3 is 6.18 Å². The van der Waals surface area contributed by atoms with Crippen molar-refractivity contribution in [1.29, 1.82) is 0 Å². The van der Waals surface area contributed by atoms with E-state index >= 15 is 0 Å². The van der Waals surface area contributed by atoms with Crippen LogP contribution in [0.1, 0.15) is 25.3 Å². The van der Waals surface area contributed by atoms with E-state index in [1.165, 1.54) is 18.2 Å². The number of hydrogen-bond acceptors (Lipinski definition) is 6. The van der Waals surface area contributed by atoms with Crippen molar-refractivity contribution in [2.75, 3.05) is 31.6 Å². The molecule has 0 saturated carbocycles. The lowest BCUT2D eigenvalue weighted by molar-refractivity contribution is -0.137. The van der Waals surface area contributed by atoms with E-state index in [0.717, 1.165) is 12.3 Å². The zero-order chi connectivity index (χ0) is 23.6. The predicted octanol–water partition coefficient (Wildman–Crippen LogP) is 2.79. The molecule has 1 heterocycles. The molecule has 3 N–H and O–H groups in total. The smallest absolute Gasteiger partial charge is 0.417 e. The van der Waals surface area contributed by atoms with Gasteiger partial charge in [0.15, 0.2) is 0 Å². The first-order valence-corrected chi connectivity index (χ1v) is 11.4. The number of nitrogens with zero attached hydrogens (tertiary/aromatic N) is 1. The summed E-state index contributed by atoms with van der Waals surface area (Å²) in [4.78, 5) is 15.6. The molecule has 0 radical (unpaired) electrons. The minimum Gasteiger partial charge on any atom is -0.494 e. The first-order chi connectivity index (χ1) is 15.1. The third kappa shape index (κ3) is 8.35. The Morgan fingerprint density at radius 1 is 1.06 bits per heavy atom. The number of sulfonamides is 1. The number of halogens is 3. The van der Waals surface area contributed by atoms with Gasteiger partial charge in [0.05, 0.1) is 17.1 Å². The fourth-order valence-electron chi connectivity index (χ4n) is 2.55. The Labute approximate surface area is 184 Å². The monoisotopic (exact) mass is 474 g/mol. The molecule has 2 rings (SSSR count). The van der Waals surface area contributed by atoms with Crippen molar-refractivity contribution in [2.45, 2.75) is 30.8 Å². The molecule has 0 aliphatic rings. The number of benzene rings is 1. The highest BCUT2D eigenvalue weighted by atomic mass is 32.2. The van der Waals surface area contributed by atoms with Crippen LogP contribution >= 0.6 is 0 Å². The van der Waals surface area contributed by atoms with Gasteiger partial charge in [0, 0.05) is 32.3 Å². The van der Waals surface area contributed by atoms with Crippen LogP contribution in [0.3, 0.4) is 0 Å². The first-order valence-electron chi connectivity index (χ1n) is 9.88. The Morgan fingerprint density at radius 2 is 1.78 bits per heavy atom. The zero-order valence-corrected chi connectivity index (χ0v) is 18.2. The molecule has 0 aliphatic heterocycles. The Hall–Kier alpha value is -2.86. The summed E-state index contributed by atoms with van der Waals surface area (Å²) < 4.78 is 69.6. The van der Waals surface area contributed by atoms with Crippen LogP contribution in [0.4, 0.5) is 19.0 Å². The summed E-state index contributed by atoms with van der Waals surface area (Å²) in [7, 11) is -3.73. The van der Waals surface area contributed by atoms with Crippen molar-refractivity contribution in [3.8, 4) is 5.75 Å². The molecule has 0 spiro atoms. The van der Waals surface area contributed by atoms with Crippen LogP contribution < -0.4 is 20.1 Å². The second-order valence-electron chi connectivity index (χ2n) is 6.61. The maximum Gasteiger partial charge on any atom is 0.417 e. The molecule has 1 amide bonds. The summed E-state index contributed by atoms with van der Waals surface area (Å²) in [6.07, 6.45) is -3.22. The number of carbonyl (C=O) groups is 1. The number of hydrogen-bond donors (Lipinski definition) is 3. The Balaban J connectivity index is 1.63. The van der Waals surface area contributed by atoms with Gasteiger partial charge in [0.1, 0.15) is 11.6 Å². The summed E-state index contributed by atoms with van der Waals surface area (Å²) in [6.45, 7) is 2.95. The van der Waals surface area contributed by atoms with E-state index in [-0.39, 0.29) is 23.8 Å². The highest BCUT2D eigenvalue weighted by Gasteiger charge is 2.30. The molecular weight excluding hydrogens is 449 g/mol. The van der Waals surface area contributed by atoms with Crippen molar-refractivity contribution >= 4 is 21.7 Å². The van der Waals surface area contributed by atoms with E-state index in [2.05, 4.69) is 20.3 Å². The van der Waals surface area contributed by atoms with Gasteiger partial charge in [0.2, 0.25) is 15.9 Å². The summed E-state index contributed by atoms with van der Waals surface area (Å²) in [5.41, 5.74) is -0.825. The van der Waals surface area contributed by atoms with Crippen molar-refractivity contribution in [2.24, 2.45) is 0 Å². The van der Waals surface area contributed by atoms with Gasteiger partial charge in [0.25, 0.3) is 0 Å². The van der Waals surface area contributed by atoms with Crippen LogP contribution in [0.2, 0.25) is 0 Å². The van der Waals surface area contributed by atoms with E-state index < -0.39 is 21.8 Å². The molecule has 2 aromatic rings. The van der Waals surface area contributed by atoms with Crippen LogP contribution in [-0.2, 0) is 21.0 Å². The number of carbonyl (C=O) groups excluding carboxylic acids is 1. The molecule has 0 saturated heterocycles. The molecule has 0 fully saturated rings. The predicted molar refractivity (Wildman–Crippen MR) is 113 cm³/mol. The minimum absolute atomic E-state index is 0.0376. The van der Waals surface area contributed by atoms with Gasteiger partial charge in [-0.05, 0) is 49.7 Å². The van der Waals surface area contributed by atoms with Crippen LogP contribution in [0.5, 0.6) is 5.75 Å². The SMILES string of the molecule is CCOc1ccc(S(=O)(=O)NCCC(=O)NCCCNc2ccc(C(F)(F)F)cn2)cc1. The lowest BCUT2D eigenvalue weighted by Crippen LogP contribution is -2.31. The maximum atomic E-state index is 12.5. The lowest BCUT2D eigenvalue weighted by atomic mass is 10.3. The van der Waals surface area contributed by atoms with Crippen molar-refractivity contribution in [1.82, 2.24) is 15.0 Å². The van der Waals surface area contributed by atoms with Crippen LogP contribution in [0.15, 0.2) is 47.5 Å². The highest BCUT2D eigenvalue weighted by molar-refractivity contribution is 7.89. The number of pyridine rings is 1. The van der Waals surface area contributed by atoms with Crippen molar-refractivity contribution in [3.05, 3.63) is 48.2 Å². The molecule has 1 aromatic heterocycles. The maximum absolute atomic E-state index is 12.5. The average molecular weight is 475 g/mol. The third-order valence-corrected chi connectivity index (χ3v) is 5.64. The normalized spacial score (nSPS) is 11.8. The number of aromatic nitrogens is 1. The lowest BCUT2D eigenvalue weighted by Gasteiger charge is -2.10. The van der Waals surface area contributed by atoms with E-state index in [1.807, 2.05) is 6.92 Å². The number of rotatable bonds is 12. The van der Waals surface area contributed by atoms with Gasteiger partial charge in [-0.25, -0.2) is 18.1 Å². The minimum atomic E-state index is -4.43. The van der Waals surface area contributed by atoms with Gasteiger partial charge < -0.3 is 15.4 Å². The zero-order valence-electron chi connectivity index (χ0n) is 17.4. The summed E-state index contributed by atoms with van der Waals surface area (Å²) in [5.74, 6) is 0.537. The summed E-state index contributed by atoms with van der Waals surface area (Å²) in [6, 6.07) is 8.12. The van der Waals surface area contributed by atoms with E-state index in [1.54, 1.807) is 12.1 Å². The molecular formula is C20H25F3N4O4S. The Bertz CT molecular complexity index is 966. The van der Waals surface area contributed by atoms with Crippen LogP contribution in [-0.4, -0.2) is 45.6 Å². The van der Waals surface area contributed by atoms with Crippen LogP contribution in [0.25, 0.3) is 0 Å². The topological polar surface area (TPSA) is 109 Å². The fraction of sp³-hybridized carbons (Fsp3) is 0.400. The molecule has 0 aliphatic carbocycles. The third-order valence-electron chi connectivity index (χ3n) is 4.16. The van der Waals surface area contributed by atoms with Crippen molar-refractivity contribution < 1.29 is 31.1 Å². The molecule has 0 bridgehead atoms. The number of alkyl halides is 3. The van der Waals surface area contributed by atoms with Gasteiger partial charge in [-0.3, -0.25) is 4.79 Å². The van der Waals surface area contributed by atoms with E-state index in [0.29, 0.717) is 37.7 Å². The molecule has 12 heteroatoms. The largest absolute Gasteiger partial charge is 0.494 e. The number of anilines is 1. The molecule has 32 heavy (non-hydrogen) atoms. The second kappa shape index (κ2) is 11.7. The number of ether oxygens (including phenoxy) is 1. The van der Waals surface area contributed by atoms with Crippen molar-refractivity contribution in [3.63, 3.8) is 0 Å². The Kier molecular flexibility index (Phi) is 9.27. The first kappa shape index (κ1) is 25.4. The van der Waals surface area contributed by atoms with Gasteiger partial charge in [-0.1, -0.05) is 0 Å². The quantitative estimate of drug-likeness (QED) is 0.408. The summed E-state index contributed by atoms with van der Waals surface area (Å²) >= 11 is 0. The van der Waals surface area contributed by atoms with Gasteiger partial charge in [-0.15, -0.1) is 0 Å². The van der Waals surface area contributed by atoms with E-state index in [4.69, 9.17) is 4.74 Å². The van der Waals surface area contributed by atoms with Crippen LogP contribution in [0, 0.1) is 0 Å². The number of amides is 1. The highest BCUT2D eigenvalue weighted by Crippen LogP contribution is 2.28. The standard InChI is InChI=1S/C20H25F3N4O4S/c1-2-31-16-5-7-17(8-6-16)32(29,30)27-13-10-19(28)25-12-3-11-24-18-9-4-15(14-26-18)20(21,22)23/h4-9,14,27H,2-3,10-13H2,1H3,(H,24,26)(H,25,28). The average Bonchev–Trinajstić information content (AvgIpc) is 2.74. The molecule has 8 nitrogen and oxygen atoms in total. The fourth-order valence-corrected chi connectivity index (χ4v) is 3.58. The van der Waals surface area contributed by atoms with Gasteiger partial charge in [-0.2, -0.15) is 13.2 Å². The molecule has 0 unspecified atom stereocenters. The summed E-state index contributed by atoms with van der Waals surface area (Å²) in [5, 5.41) is 5.51. The number of nitrogens with one attached hydrogen (secondary N) is 3. The second-order valence-corrected chi connectivity index (χ2v) is 8.38. The Morgan fingerprint density at radius 3 is 2.38 bits per heavy atom. The molecule has 0 atom stereocenters. The molecule has 176 valence electrons.